The Morgan fingerprint density at radius 2 is 1.85 bits per heavy atom. The van der Waals surface area contributed by atoms with E-state index in [2.05, 4.69) is 15.4 Å². The maximum Gasteiger partial charge on any atom is 0.246 e. The zero-order chi connectivity index (χ0) is 18.5. The molecule has 8 heteroatoms. The average molecular weight is 357 g/mol. The number of likely N-dealkylation sites (N-methyl/N-ethyl adjacent to an activating group) is 1. The first-order chi connectivity index (χ1) is 12.5. The summed E-state index contributed by atoms with van der Waals surface area (Å²) < 4.78 is 26.6. The molecular weight excluding hydrogens is 340 g/mol. The van der Waals surface area contributed by atoms with E-state index in [-0.39, 0.29) is 24.1 Å². The third-order valence-electron chi connectivity index (χ3n) is 3.81. The molecule has 1 heterocycles. The number of nitrogens with zero attached hydrogens (tertiary/aromatic N) is 5. The fourth-order valence-electron chi connectivity index (χ4n) is 2.51. The summed E-state index contributed by atoms with van der Waals surface area (Å²) in [4.78, 5) is 15.2. The lowest BCUT2D eigenvalue weighted by molar-refractivity contribution is -0.132. The van der Waals surface area contributed by atoms with E-state index in [1.807, 2.05) is 6.92 Å². The van der Waals surface area contributed by atoms with Gasteiger partial charge in [0.25, 0.3) is 0 Å². The number of rotatable bonds is 6. The molecule has 0 radical (unpaired) electrons. The molecule has 134 valence electrons. The molecule has 1 amide bonds. The maximum absolute atomic E-state index is 13.3. The van der Waals surface area contributed by atoms with Crippen LogP contribution in [0, 0.1) is 11.6 Å². The molecule has 2 aromatic carbocycles. The van der Waals surface area contributed by atoms with Crippen molar-refractivity contribution in [2.75, 3.05) is 6.54 Å². The van der Waals surface area contributed by atoms with Crippen LogP contribution in [0.3, 0.4) is 0 Å². The van der Waals surface area contributed by atoms with Crippen molar-refractivity contribution in [1.82, 2.24) is 25.1 Å². The second-order valence-electron chi connectivity index (χ2n) is 5.69. The number of carbonyl (C=O) groups excluding carboxylic acids is 1. The van der Waals surface area contributed by atoms with Gasteiger partial charge in [0.15, 0.2) is 0 Å². The molecule has 26 heavy (non-hydrogen) atoms. The molecule has 0 atom stereocenters. The molecule has 0 N–H and O–H groups in total. The number of amides is 1. The van der Waals surface area contributed by atoms with Gasteiger partial charge in [-0.05, 0) is 42.0 Å². The first-order valence-corrected chi connectivity index (χ1v) is 8.11. The lowest BCUT2D eigenvalue weighted by atomic mass is 10.2. The molecule has 0 aliphatic heterocycles. The van der Waals surface area contributed by atoms with Crippen molar-refractivity contribution in [1.29, 1.82) is 0 Å². The third kappa shape index (κ3) is 4.27. The number of hydrogen-bond acceptors (Lipinski definition) is 4. The molecule has 0 aliphatic rings. The second-order valence-corrected chi connectivity index (χ2v) is 5.69. The van der Waals surface area contributed by atoms with Crippen LogP contribution in [0.15, 0.2) is 48.5 Å². The number of aromatic nitrogens is 4. The Kier molecular flexibility index (Phi) is 5.31. The summed E-state index contributed by atoms with van der Waals surface area (Å²) in [7, 11) is 0. The number of carbonyl (C=O) groups is 1. The topological polar surface area (TPSA) is 63.9 Å². The van der Waals surface area contributed by atoms with Crippen LogP contribution in [0.2, 0.25) is 0 Å². The Hall–Kier alpha value is -3.16. The van der Waals surface area contributed by atoms with E-state index in [4.69, 9.17) is 0 Å². The first-order valence-electron chi connectivity index (χ1n) is 8.11. The normalized spacial score (nSPS) is 10.7. The summed E-state index contributed by atoms with van der Waals surface area (Å²) in [6.45, 7) is 2.48. The first kappa shape index (κ1) is 17.7. The van der Waals surface area contributed by atoms with Crippen LogP contribution in [0.1, 0.15) is 12.5 Å². The third-order valence-corrected chi connectivity index (χ3v) is 3.81. The van der Waals surface area contributed by atoms with Crippen molar-refractivity contribution in [2.24, 2.45) is 0 Å². The van der Waals surface area contributed by atoms with Crippen LogP contribution in [0.25, 0.3) is 11.4 Å². The van der Waals surface area contributed by atoms with Crippen LogP contribution in [0.5, 0.6) is 0 Å². The van der Waals surface area contributed by atoms with E-state index in [1.54, 1.807) is 29.2 Å². The van der Waals surface area contributed by atoms with E-state index in [1.165, 1.54) is 24.3 Å². The molecule has 0 spiro atoms. The van der Waals surface area contributed by atoms with Crippen molar-refractivity contribution in [3.8, 4) is 11.4 Å². The Bertz CT molecular complexity index is 912. The number of halogens is 2. The van der Waals surface area contributed by atoms with E-state index in [0.29, 0.717) is 24.2 Å². The predicted molar refractivity (Wildman–Crippen MR) is 90.7 cm³/mol. The van der Waals surface area contributed by atoms with Crippen LogP contribution >= 0.6 is 0 Å². The highest BCUT2D eigenvalue weighted by molar-refractivity contribution is 5.75. The predicted octanol–water partition coefficient (Wildman–Crippen LogP) is 2.67. The zero-order valence-electron chi connectivity index (χ0n) is 14.1. The Morgan fingerprint density at radius 3 is 2.54 bits per heavy atom. The van der Waals surface area contributed by atoms with E-state index in [9.17, 15) is 13.6 Å². The van der Waals surface area contributed by atoms with Crippen LogP contribution in [0.4, 0.5) is 8.78 Å². The van der Waals surface area contributed by atoms with Crippen LogP contribution in [-0.2, 0) is 17.9 Å². The summed E-state index contributed by atoms with van der Waals surface area (Å²) in [5, 5.41) is 11.8. The summed E-state index contributed by atoms with van der Waals surface area (Å²) in [5.74, 6) is -0.726. The standard InChI is InChI=1S/C18H17F2N5O/c1-2-24(11-13-5-3-7-15(19)9-13)17(26)12-25-22-18(21-23-25)14-6-4-8-16(20)10-14/h3-10H,2,11-12H2,1H3. The Morgan fingerprint density at radius 1 is 1.12 bits per heavy atom. The largest absolute Gasteiger partial charge is 0.337 e. The van der Waals surface area contributed by atoms with Gasteiger partial charge in [-0.3, -0.25) is 4.79 Å². The van der Waals surface area contributed by atoms with Crippen molar-refractivity contribution < 1.29 is 13.6 Å². The monoisotopic (exact) mass is 357 g/mol. The molecule has 0 saturated heterocycles. The van der Waals surface area contributed by atoms with Gasteiger partial charge in [0, 0.05) is 18.7 Å². The fourth-order valence-corrected chi connectivity index (χ4v) is 2.51. The highest BCUT2D eigenvalue weighted by atomic mass is 19.1. The van der Waals surface area contributed by atoms with Crippen molar-refractivity contribution in [3.63, 3.8) is 0 Å². The van der Waals surface area contributed by atoms with Crippen LogP contribution < -0.4 is 0 Å². The van der Waals surface area contributed by atoms with Gasteiger partial charge >= 0.3 is 0 Å². The van der Waals surface area contributed by atoms with Crippen molar-refractivity contribution in [3.05, 3.63) is 65.7 Å². The average Bonchev–Trinajstić information content (AvgIpc) is 3.08. The van der Waals surface area contributed by atoms with Crippen molar-refractivity contribution in [2.45, 2.75) is 20.0 Å². The fraction of sp³-hybridized carbons (Fsp3) is 0.222. The quantitative estimate of drug-likeness (QED) is 0.680. The minimum Gasteiger partial charge on any atom is -0.337 e. The number of hydrogen-bond donors (Lipinski definition) is 0. The van der Waals surface area contributed by atoms with Gasteiger partial charge in [0.1, 0.15) is 18.2 Å². The van der Waals surface area contributed by atoms with Gasteiger partial charge in [-0.15, -0.1) is 10.2 Å². The molecule has 6 nitrogen and oxygen atoms in total. The minimum atomic E-state index is -0.401. The lowest BCUT2D eigenvalue weighted by Gasteiger charge is -2.20. The second kappa shape index (κ2) is 7.81. The summed E-state index contributed by atoms with van der Waals surface area (Å²) in [6, 6.07) is 11.9. The molecule has 0 saturated carbocycles. The maximum atomic E-state index is 13.3. The van der Waals surface area contributed by atoms with E-state index >= 15 is 0 Å². The van der Waals surface area contributed by atoms with Gasteiger partial charge in [0.2, 0.25) is 11.7 Å². The van der Waals surface area contributed by atoms with Gasteiger partial charge in [-0.1, -0.05) is 24.3 Å². The summed E-state index contributed by atoms with van der Waals surface area (Å²) in [6.07, 6.45) is 0. The minimum absolute atomic E-state index is 0.106. The smallest absolute Gasteiger partial charge is 0.246 e. The summed E-state index contributed by atoms with van der Waals surface area (Å²) >= 11 is 0. The van der Waals surface area contributed by atoms with Gasteiger partial charge in [0.05, 0.1) is 0 Å². The van der Waals surface area contributed by atoms with E-state index < -0.39 is 5.82 Å². The van der Waals surface area contributed by atoms with E-state index in [0.717, 1.165) is 4.80 Å². The van der Waals surface area contributed by atoms with Gasteiger partial charge < -0.3 is 4.90 Å². The molecule has 3 aromatic rings. The molecule has 1 aromatic heterocycles. The Labute approximate surface area is 149 Å². The van der Waals surface area contributed by atoms with Gasteiger partial charge in [-0.25, -0.2) is 8.78 Å². The molecule has 0 fully saturated rings. The Balaban J connectivity index is 1.68. The molecule has 3 rings (SSSR count). The van der Waals surface area contributed by atoms with Crippen molar-refractivity contribution >= 4 is 5.91 Å². The highest BCUT2D eigenvalue weighted by Crippen LogP contribution is 2.14. The molecule has 0 bridgehead atoms. The number of benzene rings is 2. The lowest BCUT2D eigenvalue weighted by Crippen LogP contribution is -2.33. The molecule has 0 aliphatic carbocycles. The van der Waals surface area contributed by atoms with Gasteiger partial charge in [-0.2, -0.15) is 4.80 Å². The summed E-state index contributed by atoms with van der Waals surface area (Å²) in [5.41, 5.74) is 1.18. The number of tetrazole rings is 1. The zero-order valence-corrected chi connectivity index (χ0v) is 14.1. The molecule has 0 unspecified atom stereocenters. The SMILES string of the molecule is CCN(Cc1cccc(F)c1)C(=O)Cn1nnc(-c2cccc(F)c2)n1. The molecular formula is C18H17F2N5O. The highest BCUT2D eigenvalue weighted by Gasteiger charge is 2.15. The van der Waals surface area contributed by atoms with Crippen LogP contribution in [-0.4, -0.2) is 37.6 Å².